The summed E-state index contributed by atoms with van der Waals surface area (Å²) in [5.41, 5.74) is 3.17. The maximum atomic E-state index is 13.8. The van der Waals surface area contributed by atoms with Gasteiger partial charge in [-0.3, -0.25) is 14.4 Å². The summed E-state index contributed by atoms with van der Waals surface area (Å²) in [6.07, 6.45) is 5.17. The number of nitrogens with one attached hydrogen (secondary N) is 1. The third kappa shape index (κ3) is 3.96. The van der Waals surface area contributed by atoms with Crippen LogP contribution < -0.4 is 21.2 Å². The standard InChI is InChI=1S/C26H26FN3O4/c1-6-28-24(31)16-11-19-20(12-16)25(32)30(5)13-21(19)18-7-8-29(4)26(33)23(18)34-22-14(2)9-17(27)10-15(22)3/h7-11,13H,6,12H2,1-5H3,(H,28,31). The highest BCUT2D eigenvalue weighted by Gasteiger charge is 2.27. The number of halogens is 1. The Hall–Kier alpha value is -3.94. The van der Waals surface area contributed by atoms with Crippen molar-refractivity contribution in [2.24, 2.45) is 14.1 Å². The third-order valence-electron chi connectivity index (χ3n) is 5.97. The van der Waals surface area contributed by atoms with Crippen LogP contribution in [0.25, 0.3) is 17.2 Å². The van der Waals surface area contributed by atoms with Crippen LogP contribution in [-0.2, 0) is 25.3 Å². The van der Waals surface area contributed by atoms with Crippen molar-refractivity contribution in [2.75, 3.05) is 6.54 Å². The predicted molar refractivity (Wildman–Crippen MR) is 129 cm³/mol. The highest BCUT2D eigenvalue weighted by atomic mass is 19.1. The van der Waals surface area contributed by atoms with Gasteiger partial charge in [-0.2, -0.15) is 0 Å². The number of hydrogen-bond acceptors (Lipinski definition) is 4. The van der Waals surface area contributed by atoms with Crippen molar-refractivity contribution in [1.82, 2.24) is 14.5 Å². The highest BCUT2D eigenvalue weighted by molar-refractivity contribution is 6.02. The van der Waals surface area contributed by atoms with Crippen molar-refractivity contribution >= 4 is 12.0 Å². The first-order chi connectivity index (χ1) is 16.1. The summed E-state index contributed by atoms with van der Waals surface area (Å²) in [6, 6.07) is 4.43. The molecule has 0 bridgehead atoms. The maximum Gasteiger partial charge on any atom is 0.293 e. The monoisotopic (exact) mass is 463 g/mol. The molecule has 0 saturated heterocycles. The van der Waals surface area contributed by atoms with E-state index in [0.29, 0.717) is 51.2 Å². The van der Waals surface area contributed by atoms with Gasteiger partial charge >= 0.3 is 0 Å². The molecule has 0 fully saturated rings. The number of carbonyl (C=O) groups excluding carboxylic acids is 1. The molecule has 176 valence electrons. The molecule has 2 heterocycles. The molecule has 0 radical (unpaired) electrons. The van der Waals surface area contributed by atoms with Crippen LogP contribution in [0.5, 0.6) is 11.5 Å². The van der Waals surface area contributed by atoms with Crippen LogP contribution in [0, 0.1) is 19.7 Å². The quantitative estimate of drug-likeness (QED) is 0.629. The fourth-order valence-corrected chi connectivity index (χ4v) is 4.27. The number of hydrogen-bond donors (Lipinski definition) is 1. The van der Waals surface area contributed by atoms with Crippen molar-refractivity contribution in [3.8, 4) is 22.6 Å². The summed E-state index contributed by atoms with van der Waals surface area (Å²) in [7, 11) is 3.24. The number of aryl methyl sites for hydroxylation is 4. The molecular formula is C26H26FN3O4. The number of likely N-dealkylation sites (N-methyl/N-ethyl adjacent to an activating group) is 1. The minimum Gasteiger partial charge on any atom is -0.450 e. The molecule has 8 heteroatoms. The molecule has 3 aromatic rings. The Morgan fingerprint density at radius 1 is 1.06 bits per heavy atom. The van der Waals surface area contributed by atoms with Gasteiger partial charge < -0.3 is 19.2 Å². The second-order valence-corrected chi connectivity index (χ2v) is 8.50. The summed E-state index contributed by atoms with van der Waals surface area (Å²) in [5, 5.41) is 2.77. The Balaban J connectivity index is 1.95. The molecule has 0 atom stereocenters. The number of carbonyl (C=O) groups is 1. The van der Waals surface area contributed by atoms with Crippen LogP contribution in [0.3, 0.4) is 0 Å². The lowest BCUT2D eigenvalue weighted by atomic mass is 9.99. The summed E-state index contributed by atoms with van der Waals surface area (Å²) >= 11 is 0. The zero-order valence-corrected chi connectivity index (χ0v) is 19.8. The van der Waals surface area contributed by atoms with E-state index in [1.165, 1.54) is 21.3 Å². The topological polar surface area (TPSA) is 82.3 Å². The van der Waals surface area contributed by atoms with Crippen LogP contribution in [0.15, 0.2) is 45.8 Å². The third-order valence-corrected chi connectivity index (χ3v) is 5.97. The Morgan fingerprint density at radius 2 is 1.74 bits per heavy atom. The average molecular weight is 464 g/mol. The van der Waals surface area contributed by atoms with Crippen molar-refractivity contribution in [1.29, 1.82) is 0 Å². The van der Waals surface area contributed by atoms with Crippen molar-refractivity contribution in [3.05, 3.63) is 84.9 Å². The van der Waals surface area contributed by atoms with Gasteiger partial charge in [-0.25, -0.2) is 4.39 Å². The van der Waals surface area contributed by atoms with Gasteiger partial charge in [-0.05, 0) is 61.7 Å². The molecule has 4 rings (SSSR count). The number of aromatic nitrogens is 2. The van der Waals surface area contributed by atoms with Crippen LogP contribution in [-0.4, -0.2) is 21.6 Å². The van der Waals surface area contributed by atoms with Gasteiger partial charge in [0, 0.05) is 61.7 Å². The number of ether oxygens (including phenoxy) is 1. The summed E-state index contributed by atoms with van der Waals surface area (Å²) in [5.74, 6) is -0.165. The molecule has 7 nitrogen and oxygen atoms in total. The lowest BCUT2D eigenvalue weighted by molar-refractivity contribution is -0.117. The van der Waals surface area contributed by atoms with Crippen LogP contribution in [0.4, 0.5) is 4.39 Å². The van der Waals surface area contributed by atoms with Gasteiger partial charge in [0.15, 0.2) is 5.75 Å². The normalized spacial score (nSPS) is 12.4. The van der Waals surface area contributed by atoms with Crippen molar-refractivity contribution in [3.63, 3.8) is 0 Å². The van der Waals surface area contributed by atoms with Crippen LogP contribution in [0.2, 0.25) is 0 Å². The molecule has 1 aliphatic carbocycles. The molecule has 1 aliphatic rings. The largest absolute Gasteiger partial charge is 0.450 e. The lowest BCUT2D eigenvalue weighted by Gasteiger charge is -2.17. The van der Waals surface area contributed by atoms with E-state index >= 15 is 0 Å². The molecule has 0 aliphatic heterocycles. The van der Waals surface area contributed by atoms with Gasteiger partial charge in [0.25, 0.3) is 11.1 Å². The molecule has 0 saturated carbocycles. The van der Waals surface area contributed by atoms with E-state index in [1.54, 1.807) is 52.5 Å². The predicted octanol–water partition coefficient (Wildman–Crippen LogP) is 3.37. The molecule has 0 spiro atoms. The minimum absolute atomic E-state index is 0.0588. The minimum atomic E-state index is -0.387. The number of rotatable bonds is 5. The summed E-state index contributed by atoms with van der Waals surface area (Å²) in [6.45, 7) is 5.72. The van der Waals surface area contributed by atoms with Gasteiger partial charge in [0.05, 0.1) is 0 Å². The number of amides is 1. The molecular weight excluding hydrogens is 437 g/mol. The fraction of sp³-hybridized carbons (Fsp3) is 0.269. The van der Waals surface area contributed by atoms with E-state index in [2.05, 4.69) is 5.32 Å². The molecule has 1 amide bonds. The second-order valence-electron chi connectivity index (χ2n) is 8.50. The number of benzene rings is 1. The second kappa shape index (κ2) is 8.78. The van der Waals surface area contributed by atoms with E-state index < -0.39 is 0 Å². The molecule has 0 unspecified atom stereocenters. The summed E-state index contributed by atoms with van der Waals surface area (Å²) < 4.78 is 22.8. The van der Waals surface area contributed by atoms with Crippen molar-refractivity contribution in [2.45, 2.75) is 27.2 Å². The average Bonchev–Trinajstić information content (AvgIpc) is 3.22. The van der Waals surface area contributed by atoms with Gasteiger partial charge in [-0.15, -0.1) is 0 Å². The van der Waals surface area contributed by atoms with E-state index in [9.17, 15) is 18.8 Å². The smallest absolute Gasteiger partial charge is 0.293 e. The van der Waals surface area contributed by atoms with Crippen molar-refractivity contribution < 1.29 is 13.9 Å². The Morgan fingerprint density at radius 3 is 2.38 bits per heavy atom. The fourth-order valence-electron chi connectivity index (χ4n) is 4.27. The van der Waals surface area contributed by atoms with Gasteiger partial charge in [0.2, 0.25) is 5.91 Å². The highest BCUT2D eigenvalue weighted by Crippen LogP contribution is 2.38. The zero-order chi connectivity index (χ0) is 24.7. The number of fused-ring (bicyclic) bond motifs is 1. The van der Waals surface area contributed by atoms with E-state index in [0.717, 1.165) is 0 Å². The maximum absolute atomic E-state index is 13.8. The zero-order valence-electron chi connectivity index (χ0n) is 19.8. The first kappa shape index (κ1) is 23.2. The van der Waals surface area contributed by atoms with Crippen LogP contribution >= 0.6 is 0 Å². The first-order valence-electron chi connectivity index (χ1n) is 11.0. The molecule has 1 N–H and O–H groups in total. The van der Waals surface area contributed by atoms with Gasteiger partial charge in [0.1, 0.15) is 11.6 Å². The molecule has 34 heavy (non-hydrogen) atoms. The molecule has 2 aromatic heterocycles. The lowest BCUT2D eigenvalue weighted by Crippen LogP contribution is -2.26. The van der Waals surface area contributed by atoms with E-state index in [4.69, 9.17) is 4.74 Å². The SMILES string of the molecule is CCNC(=O)C1=Cc2c(-c3ccn(C)c(=O)c3Oc3c(C)cc(F)cc3C)cn(C)c(=O)c2C1. The number of pyridine rings is 2. The number of nitrogens with zero attached hydrogens (tertiary/aromatic N) is 2. The van der Waals surface area contributed by atoms with Crippen LogP contribution in [0.1, 0.15) is 29.2 Å². The van der Waals surface area contributed by atoms with Gasteiger partial charge in [-0.1, -0.05) is 0 Å². The molecule has 1 aromatic carbocycles. The Bertz CT molecular complexity index is 1460. The Labute approximate surface area is 196 Å². The van der Waals surface area contributed by atoms with E-state index in [1.807, 2.05) is 6.92 Å². The van der Waals surface area contributed by atoms with E-state index in [-0.39, 0.29) is 35.0 Å². The Kier molecular flexibility index (Phi) is 6.00. The summed E-state index contributed by atoms with van der Waals surface area (Å²) in [4.78, 5) is 38.5. The first-order valence-corrected chi connectivity index (χ1v) is 11.0.